The molecule has 0 bridgehead atoms. The number of rotatable bonds is 3. The summed E-state index contributed by atoms with van der Waals surface area (Å²) in [7, 11) is 0. The van der Waals surface area contributed by atoms with Crippen molar-refractivity contribution >= 4 is 54.3 Å². The highest BCUT2D eigenvalue weighted by molar-refractivity contribution is 6.21. The van der Waals surface area contributed by atoms with Crippen molar-refractivity contribution in [3.8, 4) is 28.3 Å². The number of aromatic nitrogens is 3. The summed E-state index contributed by atoms with van der Waals surface area (Å²) in [5.74, 6) is 0.622. The van der Waals surface area contributed by atoms with E-state index in [4.69, 9.17) is 14.4 Å². The zero-order chi connectivity index (χ0) is 27.6. The second-order valence-corrected chi connectivity index (χ2v) is 10.7. The molecule has 9 rings (SSSR count). The van der Waals surface area contributed by atoms with Crippen molar-refractivity contribution < 1.29 is 4.42 Å². The first-order valence-electron chi connectivity index (χ1n) is 14.1. The van der Waals surface area contributed by atoms with Crippen LogP contribution >= 0.6 is 0 Å². The van der Waals surface area contributed by atoms with Gasteiger partial charge in [-0.1, -0.05) is 103 Å². The number of hydrogen-bond acceptors (Lipinski definition) is 3. The summed E-state index contributed by atoms with van der Waals surface area (Å²) in [4.78, 5) is 10.3. The first kappa shape index (κ1) is 23.0. The van der Waals surface area contributed by atoms with E-state index in [9.17, 15) is 0 Å². The third-order valence-corrected chi connectivity index (χ3v) is 8.31. The molecule has 9 aromatic rings. The molecule has 0 N–H and O–H groups in total. The van der Waals surface area contributed by atoms with Crippen LogP contribution < -0.4 is 0 Å². The van der Waals surface area contributed by atoms with Crippen LogP contribution in [0.15, 0.2) is 144 Å². The molecule has 42 heavy (non-hydrogen) atoms. The van der Waals surface area contributed by atoms with E-state index in [0.29, 0.717) is 5.95 Å². The molecule has 0 aliphatic carbocycles. The maximum absolute atomic E-state index is 5.68. The fourth-order valence-corrected chi connectivity index (χ4v) is 6.34. The summed E-state index contributed by atoms with van der Waals surface area (Å²) in [5, 5.41) is 8.17. The molecular weight excluding hydrogens is 514 g/mol. The molecule has 0 fully saturated rings. The third-order valence-electron chi connectivity index (χ3n) is 8.31. The van der Waals surface area contributed by atoms with Crippen LogP contribution in [-0.2, 0) is 0 Å². The Morgan fingerprint density at radius 3 is 2.14 bits per heavy atom. The maximum Gasteiger partial charge on any atom is 0.235 e. The average Bonchev–Trinajstić information content (AvgIpc) is 3.67. The van der Waals surface area contributed by atoms with E-state index < -0.39 is 0 Å². The monoisotopic (exact) mass is 537 g/mol. The van der Waals surface area contributed by atoms with Crippen LogP contribution in [0.25, 0.3) is 82.6 Å². The Morgan fingerprint density at radius 2 is 1.21 bits per heavy atom. The van der Waals surface area contributed by atoms with Gasteiger partial charge in [0.1, 0.15) is 18.0 Å². The normalized spacial score (nSPS) is 11.8. The van der Waals surface area contributed by atoms with Gasteiger partial charge < -0.3 is 4.42 Å². The summed E-state index contributed by atoms with van der Waals surface area (Å²) in [6.45, 7) is 0. The van der Waals surface area contributed by atoms with Gasteiger partial charge in [-0.25, -0.2) is 9.97 Å². The van der Waals surface area contributed by atoms with Crippen LogP contribution in [0.2, 0.25) is 0 Å². The first-order chi connectivity index (χ1) is 20.8. The highest BCUT2D eigenvalue weighted by Gasteiger charge is 2.19. The molecule has 0 aliphatic rings. The largest absolute Gasteiger partial charge is 0.470 e. The fraction of sp³-hybridized carbons (Fsp3) is 0. The number of para-hydroxylation sites is 1. The van der Waals surface area contributed by atoms with E-state index in [1.807, 2.05) is 0 Å². The SMILES string of the molecule is c1cc(-c2ccc3ccccc3c2)cc(-c2nc(-n3c4ccccc4c4c5ccccc5ccc43)nc3cocc23)c1. The molecule has 0 aliphatic heterocycles. The van der Waals surface area contributed by atoms with Gasteiger partial charge in [-0.15, -0.1) is 0 Å². The van der Waals surface area contributed by atoms with Gasteiger partial charge in [0, 0.05) is 16.3 Å². The van der Waals surface area contributed by atoms with Crippen LogP contribution in [0, 0.1) is 0 Å². The predicted octanol–water partition coefficient (Wildman–Crippen LogP) is 9.96. The van der Waals surface area contributed by atoms with E-state index in [2.05, 4.69) is 132 Å². The molecule has 0 amide bonds. The molecule has 0 saturated carbocycles. The van der Waals surface area contributed by atoms with Gasteiger partial charge in [0.05, 0.1) is 22.1 Å². The Bertz CT molecular complexity index is 2480. The highest BCUT2D eigenvalue weighted by Crippen LogP contribution is 2.38. The third kappa shape index (κ3) is 3.42. The molecule has 0 atom stereocenters. The smallest absolute Gasteiger partial charge is 0.235 e. The van der Waals surface area contributed by atoms with Crippen LogP contribution in [0.5, 0.6) is 0 Å². The van der Waals surface area contributed by atoms with Crippen LogP contribution in [-0.4, -0.2) is 14.5 Å². The van der Waals surface area contributed by atoms with Crippen molar-refractivity contribution in [2.24, 2.45) is 0 Å². The zero-order valence-corrected chi connectivity index (χ0v) is 22.5. The lowest BCUT2D eigenvalue weighted by Gasteiger charge is -2.11. The zero-order valence-electron chi connectivity index (χ0n) is 22.5. The van der Waals surface area contributed by atoms with Gasteiger partial charge in [-0.2, -0.15) is 0 Å². The number of hydrogen-bond donors (Lipinski definition) is 0. The average molecular weight is 538 g/mol. The molecule has 0 spiro atoms. The lowest BCUT2D eigenvalue weighted by atomic mass is 9.98. The summed E-state index contributed by atoms with van der Waals surface area (Å²) in [6.07, 6.45) is 3.46. The molecule has 3 aromatic heterocycles. The lowest BCUT2D eigenvalue weighted by Crippen LogP contribution is -2.02. The van der Waals surface area contributed by atoms with Gasteiger partial charge in [-0.3, -0.25) is 4.57 Å². The quantitative estimate of drug-likeness (QED) is 0.225. The van der Waals surface area contributed by atoms with E-state index in [-0.39, 0.29) is 0 Å². The van der Waals surface area contributed by atoms with Crippen molar-refractivity contribution in [2.45, 2.75) is 0 Å². The maximum atomic E-state index is 5.68. The Labute approximate surface area is 241 Å². The number of furan rings is 1. The van der Waals surface area contributed by atoms with Gasteiger partial charge in [0.15, 0.2) is 0 Å². The minimum atomic E-state index is 0.622. The lowest BCUT2D eigenvalue weighted by molar-refractivity contribution is 0.572. The van der Waals surface area contributed by atoms with Crippen molar-refractivity contribution in [3.05, 3.63) is 140 Å². The van der Waals surface area contributed by atoms with E-state index in [0.717, 1.165) is 38.8 Å². The minimum Gasteiger partial charge on any atom is -0.470 e. The summed E-state index contributed by atoms with van der Waals surface area (Å²) < 4.78 is 7.86. The second kappa shape index (κ2) is 8.88. The van der Waals surface area contributed by atoms with Gasteiger partial charge in [0.2, 0.25) is 5.95 Å². The van der Waals surface area contributed by atoms with Crippen LogP contribution in [0.4, 0.5) is 0 Å². The number of benzene rings is 6. The van der Waals surface area contributed by atoms with Crippen LogP contribution in [0.1, 0.15) is 0 Å². The van der Waals surface area contributed by atoms with Gasteiger partial charge in [0.25, 0.3) is 0 Å². The minimum absolute atomic E-state index is 0.622. The van der Waals surface area contributed by atoms with Crippen LogP contribution in [0.3, 0.4) is 0 Å². The van der Waals surface area contributed by atoms with Crippen molar-refractivity contribution in [3.63, 3.8) is 0 Å². The fourth-order valence-electron chi connectivity index (χ4n) is 6.34. The Morgan fingerprint density at radius 1 is 0.476 bits per heavy atom. The summed E-state index contributed by atoms with van der Waals surface area (Å²) >= 11 is 0. The summed E-state index contributed by atoms with van der Waals surface area (Å²) in [6, 6.07) is 45.0. The molecular formula is C38H23N3O. The number of nitrogens with zero attached hydrogens (tertiary/aromatic N) is 3. The summed E-state index contributed by atoms with van der Waals surface area (Å²) in [5.41, 5.74) is 7.09. The molecule has 0 radical (unpaired) electrons. The Balaban J connectivity index is 1.28. The van der Waals surface area contributed by atoms with E-state index >= 15 is 0 Å². The second-order valence-electron chi connectivity index (χ2n) is 10.7. The Kier molecular flexibility index (Phi) is 4.87. The standard InChI is InChI=1S/C38H23N3O/c1-2-10-26-20-28(17-16-24(26)8-1)27-11-7-12-29(21-27)37-32-22-42-23-33(32)39-38(40-37)41-34-15-6-5-14-31(34)36-30-13-4-3-9-25(30)18-19-35(36)41/h1-23H. The molecule has 0 saturated heterocycles. The van der Waals surface area contributed by atoms with E-state index in [1.54, 1.807) is 12.5 Å². The van der Waals surface area contributed by atoms with Crippen molar-refractivity contribution in [2.75, 3.05) is 0 Å². The van der Waals surface area contributed by atoms with Crippen molar-refractivity contribution in [1.29, 1.82) is 0 Å². The molecule has 4 heteroatoms. The van der Waals surface area contributed by atoms with E-state index in [1.165, 1.54) is 37.9 Å². The molecule has 0 unspecified atom stereocenters. The molecule has 196 valence electrons. The molecule has 6 aromatic carbocycles. The molecule has 3 heterocycles. The number of fused-ring (bicyclic) bond motifs is 7. The van der Waals surface area contributed by atoms with Gasteiger partial charge >= 0.3 is 0 Å². The topological polar surface area (TPSA) is 43.9 Å². The highest BCUT2D eigenvalue weighted by atomic mass is 16.3. The first-order valence-corrected chi connectivity index (χ1v) is 14.1. The van der Waals surface area contributed by atoms with Crippen molar-refractivity contribution in [1.82, 2.24) is 14.5 Å². The molecule has 4 nitrogen and oxygen atoms in total. The van der Waals surface area contributed by atoms with Gasteiger partial charge in [-0.05, 0) is 56.9 Å². The Hall–Kier alpha value is -5.74. The predicted molar refractivity (Wildman–Crippen MR) is 172 cm³/mol.